The quantitative estimate of drug-likeness (QED) is 0.364. The van der Waals surface area contributed by atoms with Gasteiger partial charge in [0.05, 0.1) is 0 Å². The van der Waals surface area contributed by atoms with Crippen molar-refractivity contribution in [2.24, 2.45) is 0 Å². The van der Waals surface area contributed by atoms with Gasteiger partial charge in [-0.1, -0.05) is 12.2 Å². The van der Waals surface area contributed by atoms with Crippen LogP contribution < -0.4 is 0 Å². The predicted octanol–water partition coefficient (Wildman–Crippen LogP) is 0.547. The highest BCUT2D eigenvalue weighted by atomic mass is 35.5. The Bertz CT molecular complexity index is 57.7. The molecule has 0 spiro atoms. The third-order valence-corrected chi connectivity index (χ3v) is 0. The maximum Gasteiger partial charge on any atom is 0.239 e. The average Bonchev–Trinajstić information content (AvgIpc) is 0.722. The van der Waals surface area contributed by atoms with Gasteiger partial charge in [0.15, 0.2) is 0 Å². The third-order valence-electron chi connectivity index (χ3n) is 0. The SMILES string of the molecule is Cl.OP(O)(=S)S. The first kappa shape index (κ1) is 10.2. The minimum Gasteiger partial charge on any atom is -0.338 e. The minimum absolute atomic E-state index is 0. The van der Waals surface area contributed by atoms with Gasteiger partial charge >= 0.3 is 0 Å². The summed E-state index contributed by atoms with van der Waals surface area (Å²) in [7, 11) is 0. The Labute approximate surface area is 52.3 Å². The van der Waals surface area contributed by atoms with Crippen molar-refractivity contribution >= 4 is 42.2 Å². The molecular formula is H4ClO2PS2. The lowest BCUT2D eigenvalue weighted by Crippen LogP contribution is -1.53. The molecule has 0 atom stereocenters. The number of hydrogen-bond donors (Lipinski definition) is 3. The Morgan fingerprint density at radius 1 is 1.50 bits per heavy atom. The van der Waals surface area contributed by atoms with Crippen molar-refractivity contribution in [3.63, 3.8) is 0 Å². The fourth-order valence-electron chi connectivity index (χ4n) is 0. The molecule has 0 fully saturated rings. The second-order valence-corrected chi connectivity index (χ2v) is 5.55. The molecule has 0 saturated carbocycles. The van der Waals surface area contributed by atoms with Gasteiger partial charge in [0, 0.05) is 0 Å². The normalized spacial score (nSPS) is 9.83. The van der Waals surface area contributed by atoms with Gasteiger partial charge in [-0.15, -0.1) is 12.4 Å². The summed E-state index contributed by atoms with van der Waals surface area (Å²) in [5, 5.41) is 0. The zero-order valence-corrected chi connectivity index (χ0v) is 6.03. The summed E-state index contributed by atoms with van der Waals surface area (Å²) in [4.78, 5) is 15.7. The second kappa shape index (κ2) is 3.24. The second-order valence-electron chi connectivity index (χ2n) is 0.513. The van der Waals surface area contributed by atoms with Crippen LogP contribution in [0.4, 0.5) is 0 Å². The van der Waals surface area contributed by atoms with Gasteiger partial charge < -0.3 is 9.79 Å². The molecule has 0 aliphatic rings. The van der Waals surface area contributed by atoms with Gasteiger partial charge in [0.1, 0.15) is 0 Å². The first-order valence-corrected chi connectivity index (χ1v) is 4.64. The van der Waals surface area contributed by atoms with Crippen molar-refractivity contribution in [2.75, 3.05) is 0 Å². The Morgan fingerprint density at radius 2 is 1.50 bits per heavy atom. The highest BCUT2D eigenvalue weighted by Crippen LogP contribution is 2.39. The van der Waals surface area contributed by atoms with Crippen molar-refractivity contribution in [3.8, 4) is 0 Å². The van der Waals surface area contributed by atoms with E-state index in [1.54, 1.807) is 0 Å². The first-order chi connectivity index (χ1) is 2.00. The zero-order valence-electron chi connectivity index (χ0n) is 2.61. The van der Waals surface area contributed by atoms with Gasteiger partial charge in [0.2, 0.25) is 5.69 Å². The molecule has 0 bridgehead atoms. The average molecular weight is 167 g/mol. The summed E-state index contributed by atoms with van der Waals surface area (Å²) in [6, 6.07) is 0. The molecule has 0 saturated heterocycles. The molecular weight excluding hydrogens is 163 g/mol. The number of rotatable bonds is 0. The molecule has 0 aromatic rings. The summed E-state index contributed by atoms with van der Waals surface area (Å²) in [6.07, 6.45) is 0. The van der Waals surface area contributed by atoms with Crippen LogP contribution in [0.25, 0.3) is 0 Å². The summed E-state index contributed by atoms with van der Waals surface area (Å²) in [5.74, 6) is 0. The lowest BCUT2D eigenvalue weighted by Gasteiger charge is -1.88. The summed E-state index contributed by atoms with van der Waals surface area (Å²) < 4.78 is 0. The van der Waals surface area contributed by atoms with Crippen LogP contribution >= 0.6 is 30.3 Å². The Kier molecular flexibility index (Phi) is 5.54. The molecule has 0 rings (SSSR count). The topological polar surface area (TPSA) is 40.5 Å². The fraction of sp³-hybridized carbons (Fsp3) is 0. The van der Waals surface area contributed by atoms with Crippen molar-refractivity contribution in [1.29, 1.82) is 0 Å². The highest BCUT2D eigenvalue weighted by Gasteiger charge is 1.90. The van der Waals surface area contributed by atoms with E-state index in [0.29, 0.717) is 0 Å². The largest absolute Gasteiger partial charge is 0.338 e. The maximum absolute atomic E-state index is 7.87. The van der Waals surface area contributed by atoms with Gasteiger partial charge in [-0.3, -0.25) is 0 Å². The van der Waals surface area contributed by atoms with E-state index in [0.717, 1.165) is 0 Å². The van der Waals surface area contributed by atoms with Gasteiger partial charge in [-0.25, -0.2) is 0 Å². The zero-order chi connectivity index (χ0) is 4.50. The molecule has 6 heteroatoms. The van der Waals surface area contributed by atoms with E-state index in [-0.39, 0.29) is 12.4 Å². The lowest BCUT2D eigenvalue weighted by molar-refractivity contribution is 0.503. The van der Waals surface area contributed by atoms with Crippen molar-refractivity contribution in [1.82, 2.24) is 0 Å². The predicted molar refractivity (Wildman–Crippen MR) is 35.0 cm³/mol. The van der Waals surface area contributed by atoms with Crippen molar-refractivity contribution in [3.05, 3.63) is 0 Å². The van der Waals surface area contributed by atoms with E-state index in [2.05, 4.69) is 24.1 Å². The molecule has 0 amide bonds. The maximum atomic E-state index is 7.87. The fourth-order valence-corrected chi connectivity index (χ4v) is 0. The molecule has 2 N–H and O–H groups in total. The van der Waals surface area contributed by atoms with E-state index in [1.807, 2.05) is 0 Å². The first-order valence-electron chi connectivity index (χ1n) is 0.783. The van der Waals surface area contributed by atoms with Crippen LogP contribution in [0.1, 0.15) is 0 Å². The molecule has 40 valence electrons. The Balaban J connectivity index is 0. The molecule has 0 heterocycles. The van der Waals surface area contributed by atoms with E-state index in [1.165, 1.54) is 0 Å². The van der Waals surface area contributed by atoms with E-state index in [9.17, 15) is 0 Å². The monoisotopic (exact) mass is 166 g/mol. The van der Waals surface area contributed by atoms with Crippen LogP contribution in [-0.4, -0.2) is 9.79 Å². The Hall–Kier alpha value is 1.21. The minimum atomic E-state index is -3.11. The molecule has 0 aromatic carbocycles. The smallest absolute Gasteiger partial charge is 0.239 e. The van der Waals surface area contributed by atoms with Crippen LogP contribution in [0.2, 0.25) is 0 Å². The van der Waals surface area contributed by atoms with Gasteiger partial charge in [-0.05, 0) is 11.8 Å². The third kappa shape index (κ3) is 63.1. The van der Waals surface area contributed by atoms with Gasteiger partial charge in [0.25, 0.3) is 0 Å². The van der Waals surface area contributed by atoms with Gasteiger partial charge in [-0.2, -0.15) is 0 Å². The molecule has 6 heavy (non-hydrogen) atoms. The summed E-state index contributed by atoms with van der Waals surface area (Å²) in [6.45, 7) is 0. The molecule has 2 nitrogen and oxygen atoms in total. The van der Waals surface area contributed by atoms with Crippen LogP contribution in [0.3, 0.4) is 0 Å². The molecule has 0 aliphatic carbocycles. The molecule has 0 radical (unpaired) electrons. The van der Waals surface area contributed by atoms with Crippen LogP contribution in [0.5, 0.6) is 0 Å². The summed E-state index contributed by atoms with van der Waals surface area (Å²) in [5.41, 5.74) is -3.11. The number of hydrogen-bond acceptors (Lipinski definition) is 1. The number of thiol groups is 1. The van der Waals surface area contributed by atoms with E-state index < -0.39 is 5.69 Å². The Morgan fingerprint density at radius 3 is 1.50 bits per heavy atom. The van der Waals surface area contributed by atoms with Crippen LogP contribution in [0.15, 0.2) is 0 Å². The van der Waals surface area contributed by atoms with Crippen LogP contribution in [-0.2, 0) is 11.8 Å². The highest BCUT2D eigenvalue weighted by molar-refractivity contribution is 8.59. The number of halogens is 1. The van der Waals surface area contributed by atoms with E-state index in [4.69, 9.17) is 9.79 Å². The van der Waals surface area contributed by atoms with E-state index >= 15 is 0 Å². The van der Waals surface area contributed by atoms with Crippen LogP contribution in [0, 0.1) is 0 Å². The lowest BCUT2D eigenvalue weighted by atomic mass is 15.9. The summed E-state index contributed by atoms with van der Waals surface area (Å²) >= 11 is 7.07. The molecule has 0 unspecified atom stereocenters. The standard InChI is InChI=1S/ClH.H3O2PS2/c;1-3(2,4)5/h1H;(H3,1,2,4,5). The molecule has 0 aromatic heterocycles. The molecule has 0 aliphatic heterocycles. The van der Waals surface area contributed by atoms with Crippen molar-refractivity contribution in [2.45, 2.75) is 0 Å². The van der Waals surface area contributed by atoms with Crippen molar-refractivity contribution < 1.29 is 9.79 Å².